The maximum atomic E-state index is 12.5. The number of thioether (sulfide) groups is 1. The van der Waals surface area contributed by atoms with E-state index in [-0.39, 0.29) is 43.1 Å². The van der Waals surface area contributed by atoms with E-state index >= 15 is 0 Å². The highest BCUT2D eigenvalue weighted by Crippen LogP contribution is 2.42. The number of imide groups is 1. The molecule has 1 heterocycles. The Kier molecular flexibility index (Phi) is 5.29. The molecule has 25 heavy (non-hydrogen) atoms. The van der Waals surface area contributed by atoms with Crippen LogP contribution in [0.3, 0.4) is 0 Å². The molecule has 4 nitrogen and oxygen atoms in total. The first-order valence-electron chi connectivity index (χ1n) is 7.04. The first-order valence-corrected chi connectivity index (χ1v) is 8.99. The van der Waals surface area contributed by atoms with E-state index in [0.29, 0.717) is 0 Å². The average Bonchev–Trinajstić information content (AvgIpc) is 2.85. The number of carbonyl (C=O) groups is 2. The van der Waals surface area contributed by atoms with Crippen LogP contribution in [-0.2, 0) is 11.3 Å². The van der Waals surface area contributed by atoms with Gasteiger partial charge >= 0.3 is 0 Å². The summed E-state index contributed by atoms with van der Waals surface area (Å²) in [6.07, 6.45) is 1.39. The lowest BCUT2D eigenvalue weighted by molar-refractivity contribution is -0.123. The lowest BCUT2D eigenvalue weighted by atomic mass is 10.2. The van der Waals surface area contributed by atoms with Gasteiger partial charge in [-0.1, -0.05) is 65.1 Å². The fourth-order valence-electron chi connectivity index (χ4n) is 2.26. The van der Waals surface area contributed by atoms with Crippen molar-refractivity contribution >= 4 is 63.8 Å². The molecule has 0 atom stereocenters. The molecule has 2 aromatic rings. The zero-order valence-corrected chi connectivity index (χ0v) is 15.6. The molecule has 3 rings (SSSR count). The maximum absolute atomic E-state index is 12.5. The average molecular weight is 415 g/mol. The van der Waals surface area contributed by atoms with Gasteiger partial charge in [0.25, 0.3) is 11.1 Å². The summed E-state index contributed by atoms with van der Waals surface area (Å²) in [5, 5.41) is 9.54. The molecule has 2 amide bonds. The number of rotatable bonds is 3. The number of phenolic OH excluding ortho intramolecular Hbond substituents is 1. The van der Waals surface area contributed by atoms with Crippen LogP contribution < -0.4 is 0 Å². The predicted octanol–water partition coefficient (Wildman–Crippen LogP) is 5.59. The van der Waals surface area contributed by atoms with E-state index < -0.39 is 5.91 Å². The highest BCUT2D eigenvalue weighted by Gasteiger charge is 2.35. The second kappa shape index (κ2) is 7.30. The van der Waals surface area contributed by atoms with E-state index in [9.17, 15) is 14.7 Å². The number of phenols is 1. The van der Waals surface area contributed by atoms with Crippen molar-refractivity contribution in [1.82, 2.24) is 4.90 Å². The van der Waals surface area contributed by atoms with Gasteiger partial charge in [0, 0.05) is 5.56 Å². The molecule has 1 N–H and O–H groups in total. The van der Waals surface area contributed by atoms with Gasteiger partial charge in [-0.2, -0.15) is 0 Å². The van der Waals surface area contributed by atoms with Gasteiger partial charge in [-0.15, -0.1) is 0 Å². The Morgan fingerprint density at radius 3 is 2.44 bits per heavy atom. The number of aromatic hydroxyl groups is 1. The minimum atomic E-state index is -0.444. The number of benzene rings is 2. The number of carbonyl (C=O) groups excluding carboxylic acids is 2. The Hall–Kier alpha value is -1.66. The molecule has 0 saturated carbocycles. The summed E-state index contributed by atoms with van der Waals surface area (Å²) in [5.74, 6) is -0.775. The molecule has 0 aliphatic carbocycles. The fourth-order valence-corrected chi connectivity index (χ4v) is 3.95. The van der Waals surface area contributed by atoms with Gasteiger partial charge in [0.2, 0.25) is 0 Å². The first kappa shape index (κ1) is 18.1. The third-order valence-electron chi connectivity index (χ3n) is 3.51. The van der Waals surface area contributed by atoms with Crippen LogP contribution in [0.25, 0.3) is 6.08 Å². The third kappa shape index (κ3) is 3.65. The summed E-state index contributed by atoms with van der Waals surface area (Å²) in [7, 11) is 0. The molecular weight excluding hydrogens is 405 g/mol. The Labute approximate surface area is 163 Å². The topological polar surface area (TPSA) is 57.6 Å². The molecule has 0 spiro atoms. The molecular formula is C17H10Cl3NO3S. The van der Waals surface area contributed by atoms with Crippen molar-refractivity contribution in [3.8, 4) is 5.75 Å². The van der Waals surface area contributed by atoms with Crippen molar-refractivity contribution in [3.63, 3.8) is 0 Å². The summed E-state index contributed by atoms with van der Waals surface area (Å²) in [4.78, 5) is 26.0. The maximum Gasteiger partial charge on any atom is 0.293 e. The summed E-state index contributed by atoms with van der Waals surface area (Å²) in [6.45, 7) is 0.177. The van der Waals surface area contributed by atoms with E-state index in [1.807, 2.05) is 30.3 Å². The van der Waals surface area contributed by atoms with Crippen molar-refractivity contribution < 1.29 is 14.7 Å². The number of amides is 2. The van der Waals surface area contributed by atoms with Crippen molar-refractivity contribution in [2.45, 2.75) is 6.54 Å². The second-order valence-electron chi connectivity index (χ2n) is 5.17. The molecule has 1 saturated heterocycles. The molecule has 0 bridgehead atoms. The van der Waals surface area contributed by atoms with Crippen LogP contribution in [0.1, 0.15) is 11.1 Å². The van der Waals surface area contributed by atoms with Gasteiger partial charge in [-0.05, 0) is 29.5 Å². The van der Waals surface area contributed by atoms with E-state index in [4.69, 9.17) is 34.8 Å². The largest absolute Gasteiger partial charge is 0.505 e. The van der Waals surface area contributed by atoms with Gasteiger partial charge in [-0.3, -0.25) is 14.5 Å². The van der Waals surface area contributed by atoms with Crippen molar-refractivity contribution in [1.29, 1.82) is 0 Å². The van der Waals surface area contributed by atoms with Crippen molar-refractivity contribution in [3.05, 3.63) is 67.5 Å². The van der Waals surface area contributed by atoms with Gasteiger partial charge in [0.05, 0.1) is 26.5 Å². The molecule has 1 aliphatic heterocycles. The molecule has 0 unspecified atom stereocenters. The summed E-state index contributed by atoms with van der Waals surface area (Å²) < 4.78 is 0. The molecule has 128 valence electrons. The highest BCUT2D eigenvalue weighted by atomic mass is 35.5. The van der Waals surface area contributed by atoms with Crippen LogP contribution >= 0.6 is 46.6 Å². The van der Waals surface area contributed by atoms with Crippen LogP contribution in [0.5, 0.6) is 5.75 Å². The second-order valence-corrected chi connectivity index (χ2v) is 7.36. The smallest absolute Gasteiger partial charge is 0.293 e. The summed E-state index contributed by atoms with van der Waals surface area (Å²) in [6, 6.07) is 10.5. The third-order valence-corrected chi connectivity index (χ3v) is 5.40. The minimum absolute atomic E-state index is 0.00401. The fraction of sp³-hybridized carbons (Fsp3) is 0.0588. The van der Waals surface area contributed by atoms with Crippen LogP contribution in [0, 0.1) is 0 Å². The zero-order valence-electron chi connectivity index (χ0n) is 12.5. The monoisotopic (exact) mass is 413 g/mol. The standard InChI is InChI=1S/C17H10Cl3NO3S/c18-11-7-12(19)15(22)14(20)10(11)6-13-16(23)21(17(24)25-13)8-9-4-2-1-3-5-9/h1-7,22H,8H2/b13-6-. The van der Waals surface area contributed by atoms with Gasteiger partial charge in [-0.25, -0.2) is 0 Å². The summed E-state index contributed by atoms with van der Waals surface area (Å²) in [5.41, 5.74) is 1.07. The summed E-state index contributed by atoms with van der Waals surface area (Å²) >= 11 is 18.7. The van der Waals surface area contributed by atoms with E-state index in [2.05, 4.69) is 0 Å². The Balaban J connectivity index is 1.92. The molecule has 1 fully saturated rings. The molecule has 0 aromatic heterocycles. The van der Waals surface area contributed by atoms with E-state index in [0.717, 1.165) is 22.2 Å². The molecule has 0 radical (unpaired) electrons. The van der Waals surface area contributed by atoms with E-state index in [1.165, 1.54) is 12.1 Å². The molecule has 2 aromatic carbocycles. The van der Waals surface area contributed by atoms with Crippen molar-refractivity contribution in [2.24, 2.45) is 0 Å². The quantitative estimate of drug-likeness (QED) is 0.665. The van der Waals surface area contributed by atoms with Gasteiger partial charge < -0.3 is 5.11 Å². The lowest BCUT2D eigenvalue weighted by Gasteiger charge is -2.12. The SMILES string of the molecule is O=C1S/C(=C\c2c(Cl)cc(Cl)c(O)c2Cl)C(=O)N1Cc1ccccc1. The number of hydrogen-bond acceptors (Lipinski definition) is 4. The zero-order chi connectivity index (χ0) is 18.1. The van der Waals surface area contributed by atoms with Crippen LogP contribution in [0.2, 0.25) is 15.1 Å². The minimum Gasteiger partial charge on any atom is -0.505 e. The van der Waals surface area contributed by atoms with Crippen LogP contribution in [0.4, 0.5) is 4.79 Å². The normalized spacial score (nSPS) is 16.1. The van der Waals surface area contributed by atoms with E-state index in [1.54, 1.807) is 0 Å². The van der Waals surface area contributed by atoms with Crippen LogP contribution in [-0.4, -0.2) is 21.2 Å². The Morgan fingerprint density at radius 2 is 1.76 bits per heavy atom. The lowest BCUT2D eigenvalue weighted by Crippen LogP contribution is -2.27. The first-order chi connectivity index (χ1) is 11.9. The number of halogens is 3. The Morgan fingerprint density at radius 1 is 1.08 bits per heavy atom. The highest BCUT2D eigenvalue weighted by molar-refractivity contribution is 8.18. The number of nitrogens with zero attached hydrogens (tertiary/aromatic N) is 1. The van der Waals surface area contributed by atoms with Gasteiger partial charge in [0.1, 0.15) is 0 Å². The number of hydrogen-bond donors (Lipinski definition) is 1. The Bertz CT molecular complexity index is 900. The van der Waals surface area contributed by atoms with Gasteiger partial charge in [0.15, 0.2) is 5.75 Å². The van der Waals surface area contributed by atoms with Crippen molar-refractivity contribution in [2.75, 3.05) is 0 Å². The predicted molar refractivity (Wildman–Crippen MR) is 101 cm³/mol. The molecule has 8 heteroatoms. The van der Waals surface area contributed by atoms with Crippen LogP contribution in [0.15, 0.2) is 41.3 Å². The molecule has 1 aliphatic rings.